The van der Waals surface area contributed by atoms with Gasteiger partial charge in [-0.15, -0.1) is 0 Å². The predicted octanol–water partition coefficient (Wildman–Crippen LogP) is 4.27. The third kappa shape index (κ3) is 11.7. The Morgan fingerprint density at radius 3 is 2.00 bits per heavy atom. The van der Waals surface area contributed by atoms with Gasteiger partial charge in [-0.2, -0.15) is 5.10 Å². The summed E-state index contributed by atoms with van der Waals surface area (Å²) >= 11 is 6.53. The molecule has 2 aliphatic rings. The van der Waals surface area contributed by atoms with E-state index in [4.69, 9.17) is 16.6 Å². The second-order valence-corrected chi connectivity index (χ2v) is 14.8. The number of carbonyl (C=O) groups is 4. The number of amides is 3. The molecule has 0 radical (unpaired) electrons. The Balaban J connectivity index is 0.000000159. The number of fused-ring (bicyclic) bond motifs is 2. The van der Waals surface area contributed by atoms with Crippen molar-refractivity contribution in [1.82, 2.24) is 49.2 Å². The molecule has 296 valence electrons. The molecule has 6 heterocycles. The van der Waals surface area contributed by atoms with E-state index in [1.54, 1.807) is 46.0 Å². The highest BCUT2D eigenvalue weighted by molar-refractivity contribution is 9.10. The van der Waals surface area contributed by atoms with Crippen LogP contribution < -0.4 is 22.1 Å². The van der Waals surface area contributed by atoms with Gasteiger partial charge in [-0.05, 0) is 87.4 Å². The molecule has 0 aliphatic heterocycles. The highest BCUT2D eigenvalue weighted by Gasteiger charge is 2.34. The number of rotatable bonds is 12. The van der Waals surface area contributed by atoms with Crippen LogP contribution in [0.3, 0.4) is 0 Å². The van der Waals surface area contributed by atoms with Crippen molar-refractivity contribution in [1.29, 1.82) is 0 Å². The first-order valence-corrected chi connectivity index (χ1v) is 19.4. The van der Waals surface area contributed by atoms with Crippen molar-refractivity contribution >= 4 is 101 Å². The van der Waals surface area contributed by atoms with Crippen LogP contribution in [0.4, 0.5) is 23.3 Å². The van der Waals surface area contributed by atoms with Crippen LogP contribution in [-0.4, -0.2) is 90.5 Å². The number of anilines is 4. The van der Waals surface area contributed by atoms with Gasteiger partial charge in [-0.3, -0.25) is 19.2 Å². The summed E-state index contributed by atoms with van der Waals surface area (Å²) in [5.74, 6) is 1.18. The molecule has 0 unspecified atom stereocenters. The first-order chi connectivity index (χ1) is 27.4. The van der Waals surface area contributed by atoms with Gasteiger partial charge in [0.25, 0.3) is 0 Å². The van der Waals surface area contributed by atoms with E-state index in [0.717, 1.165) is 29.8 Å². The Morgan fingerprint density at radius 2 is 1.40 bits per heavy atom. The second-order valence-electron chi connectivity index (χ2n) is 13.2. The molecule has 0 saturated heterocycles. The Hall–Kier alpha value is -6.09. The minimum Gasteiger partial charge on any atom is -0.480 e. The summed E-state index contributed by atoms with van der Waals surface area (Å²) in [4.78, 5) is 73.0. The van der Waals surface area contributed by atoms with Crippen LogP contribution in [0.1, 0.15) is 38.5 Å². The van der Waals surface area contributed by atoms with Crippen LogP contribution in [0.15, 0.2) is 76.7 Å². The van der Waals surface area contributed by atoms with Gasteiger partial charge in [0.2, 0.25) is 17.7 Å². The molecule has 6 aromatic rings. The van der Waals surface area contributed by atoms with Gasteiger partial charge < -0.3 is 36.7 Å². The van der Waals surface area contributed by atoms with E-state index < -0.39 is 5.97 Å². The monoisotopic (exact) mass is 904 g/mol. The first kappa shape index (κ1) is 40.6. The number of hydrogen-bond donors (Lipinski definition) is 5. The fourth-order valence-corrected chi connectivity index (χ4v) is 6.28. The first-order valence-electron chi connectivity index (χ1n) is 17.8. The summed E-state index contributed by atoms with van der Waals surface area (Å²) in [7, 11) is 0. The van der Waals surface area contributed by atoms with E-state index in [2.05, 4.69) is 77.5 Å². The van der Waals surface area contributed by atoms with Crippen molar-refractivity contribution in [3.8, 4) is 0 Å². The van der Waals surface area contributed by atoms with Gasteiger partial charge in [-0.1, -0.05) is 25.0 Å². The van der Waals surface area contributed by atoms with Crippen LogP contribution in [0.2, 0.25) is 0 Å². The molecule has 3 amide bonds. The summed E-state index contributed by atoms with van der Waals surface area (Å²) in [5, 5.41) is 19.2. The van der Waals surface area contributed by atoms with E-state index in [1.165, 1.54) is 36.4 Å². The average molecular weight is 907 g/mol. The van der Waals surface area contributed by atoms with E-state index in [9.17, 15) is 19.2 Å². The molecule has 0 aromatic carbocycles. The van der Waals surface area contributed by atoms with Gasteiger partial charge in [0.05, 0.1) is 17.0 Å². The molecular weight excluding hydrogens is 868 g/mol. The number of carboxylic acid groups (broad SMARTS) is 1. The van der Waals surface area contributed by atoms with Gasteiger partial charge >= 0.3 is 5.97 Å². The molecule has 19 nitrogen and oxygen atoms in total. The molecule has 57 heavy (non-hydrogen) atoms. The Kier molecular flexibility index (Phi) is 13.3. The number of aromatic nitrogens is 9. The number of hydrogen-bond acceptors (Lipinski definition) is 13. The zero-order valence-corrected chi connectivity index (χ0v) is 33.5. The second kappa shape index (κ2) is 18.7. The zero-order chi connectivity index (χ0) is 40.5. The summed E-state index contributed by atoms with van der Waals surface area (Å²) in [6.07, 6.45) is 11.9. The number of nitrogens with zero attached hydrogens (tertiary/aromatic N) is 10. The molecule has 2 aliphatic carbocycles. The van der Waals surface area contributed by atoms with Crippen molar-refractivity contribution < 1.29 is 24.3 Å². The molecule has 8 rings (SSSR count). The fourth-order valence-electron chi connectivity index (χ4n) is 5.59. The quantitative estimate of drug-likeness (QED) is 0.107. The van der Waals surface area contributed by atoms with Gasteiger partial charge in [0.15, 0.2) is 5.65 Å². The third-order valence-corrected chi connectivity index (χ3v) is 9.59. The summed E-state index contributed by atoms with van der Waals surface area (Å²) in [6, 6.07) is 12.6. The summed E-state index contributed by atoms with van der Waals surface area (Å²) < 4.78 is 4.35. The average Bonchev–Trinajstić information content (AvgIpc) is 4.10. The van der Waals surface area contributed by atoms with Crippen LogP contribution in [0, 0.1) is 5.92 Å². The topological polar surface area (TPSA) is 268 Å². The minimum absolute atomic E-state index is 0.0198. The highest BCUT2D eigenvalue weighted by atomic mass is 79.9. The number of carbonyl (C=O) groups excluding carboxylic acids is 3. The molecule has 0 bridgehead atoms. The molecule has 2 fully saturated rings. The summed E-state index contributed by atoms with van der Waals surface area (Å²) in [6.45, 7) is -0.174. The van der Waals surface area contributed by atoms with Gasteiger partial charge in [0, 0.05) is 18.7 Å². The van der Waals surface area contributed by atoms with E-state index in [1.807, 2.05) is 12.1 Å². The minimum atomic E-state index is -0.979. The van der Waals surface area contributed by atoms with Gasteiger partial charge in [0.1, 0.15) is 70.4 Å². The molecule has 6 aromatic heterocycles. The van der Waals surface area contributed by atoms with Crippen LogP contribution >= 0.6 is 31.9 Å². The molecule has 21 heteroatoms. The number of halogens is 2. The molecule has 0 spiro atoms. The number of carboxylic acids is 1. The predicted molar refractivity (Wildman–Crippen MR) is 217 cm³/mol. The van der Waals surface area contributed by atoms with E-state index >= 15 is 0 Å². The number of nitrogens with one attached hydrogen (secondary N) is 2. The number of nitrogen functional groups attached to an aromatic ring is 2. The highest BCUT2D eigenvalue weighted by Crippen LogP contribution is 2.33. The van der Waals surface area contributed by atoms with Crippen LogP contribution in [-0.2, 0) is 32.3 Å². The lowest BCUT2D eigenvalue weighted by Crippen LogP contribution is -2.41. The maximum atomic E-state index is 12.9. The van der Waals surface area contributed by atoms with Crippen LogP contribution in [0.25, 0.3) is 22.1 Å². The Labute approximate surface area is 341 Å². The molecular formula is C36H38Br2N14O5. The van der Waals surface area contributed by atoms with E-state index in [-0.39, 0.29) is 43.4 Å². The van der Waals surface area contributed by atoms with Crippen molar-refractivity contribution in [3.05, 3.63) is 76.7 Å². The third-order valence-electron chi connectivity index (χ3n) is 8.71. The maximum absolute atomic E-state index is 12.9. The van der Waals surface area contributed by atoms with Gasteiger partial charge in [-0.25, -0.2) is 34.6 Å². The lowest BCUT2D eigenvalue weighted by molar-refractivity contribution is -0.138. The zero-order valence-electron chi connectivity index (χ0n) is 30.3. The molecule has 7 N–H and O–H groups in total. The number of aliphatic carboxylic acids is 1. The molecule has 2 saturated carbocycles. The number of nitrogens with two attached hydrogens (primary N) is 2. The molecule has 0 atom stereocenters. The van der Waals surface area contributed by atoms with Crippen molar-refractivity contribution in [2.45, 2.75) is 57.7 Å². The van der Waals surface area contributed by atoms with Crippen molar-refractivity contribution in [3.63, 3.8) is 0 Å². The maximum Gasteiger partial charge on any atom is 0.325 e. The van der Waals surface area contributed by atoms with E-state index in [0.29, 0.717) is 56.4 Å². The van der Waals surface area contributed by atoms with Crippen molar-refractivity contribution in [2.75, 3.05) is 28.6 Å². The fraction of sp³-hybridized carbons (Fsp3) is 0.306. The lowest BCUT2D eigenvalue weighted by atomic mass is 10.2. The lowest BCUT2D eigenvalue weighted by Gasteiger charge is -2.22. The van der Waals surface area contributed by atoms with Crippen LogP contribution in [0.5, 0.6) is 0 Å². The normalized spacial score (nSPS) is 13.2. The van der Waals surface area contributed by atoms with Crippen molar-refractivity contribution in [2.24, 2.45) is 5.92 Å². The smallest absolute Gasteiger partial charge is 0.325 e. The number of pyridine rings is 2. The Morgan fingerprint density at radius 1 is 0.789 bits per heavy atom. The largest absolute Gasteiger partial charge is 0.480 e. The Bertz CT molecular complexity index is 2400. The SMILES string of the molecule is Nc1ncnc2c1ccn2CC(=O)N(CC(=O)Nc1cccc(Br)n1)C1CC1.Nc1ncnc2c1cnn2CC(=O)O.O=C(CCC1CC1)Nc1cccc(Br)n1. The summed E-state index contributed by atoms with van der Waals surface area (Å²) in [5.41, 5.74) is 12.4. The standard InChI is InChI=1S/C18H18BrN7O2.C11H13BrN2O.C7H7N5O2/c19-13-2-1-3-14(23-13)24-15(27)8-26(11-4-5-11)16(28)9-25-7-6-12-17(20)21-10-22-18(12)25;12-9-2-1-3-10(13-9)14-11(15)7-6-8-4-5-8;8-6-4-1-11-12(2-5(13)14)7(4)10-3-9-6/h1-3,6-7,10-11H,4-5,8-9H2,(H2,20,21,22)(H,23,24,27);1-3,8H,4-7H2,(H,13,14,15);1,3H,2H2,(H,13,14)(H2,8,9,10).